The van der Waals surface area contributed by atoms with Crippen molar-refractivity contribution in [2.75, 3.05) is 43.9 Å². The summed E-state index contributed by atoms with van der Waals surface area (Å²) in [5, 5.41) is 7.31. The van der Waals surface area contributed by atoms with Crippen LogP contribution in [0.2, 0.25) is 0 Å². The second kappa shape index (κ2) is 7.70. The summed E-state index contributed by atoms with van der Waals surface area (Å²) in [5.41, 5.74) is 3.59. The molecule has 2 heterocycles. The molecule has 0 saturated carbocycles. The fourth-order valence-electron chi connectivity index (χ4n) is 3.12. The van der Waals surface area contributed by atoms with Crippen LogP contribution in [0.15, 0.2) is 30.6 Å². The highest BCUT2D eigenvalue weighted by atomic mass is 16.1. The van der Waals surface area contributed by atoms with Gasteiger partial charge in [0.25, 0.3) is 5.91 Å². The van der Waals surface area contributed by atoms with Gasteiger partial charge in [0.05, 0.1) is 24.0 Å². The number of aromatic nitrogens is 2. The van der Waals surface area contributed by atoms with Crippen LogP contribution in [0, 0.1) is 6.92 Å². The van der Waals surface area contributed by atoms with Gasteiger partial charge in [-0.2, -0.15) is 5.10 Å². The minimum Gasteiger partial charge on any atom is -0.371 e. The van der Waals surface area contributed by atoms with Crippen LogP contribution >= 0.6 is 0 Å². The highest BCUT2D eigenvalue weighted by Gasteiger charge is 2.20. The van der Waals surface area contributed by atoms with E-state index in [1.165, 1.54) is 12.8 Å². The third-order valence-electron chi connectivity index (χ3n) is 4.51. The van der Waals surface area contributed by atoms with E-state index in [-0.39, 0.29) is 5.91 Å². The van der Waals surface area contributed by atoms with E-state index in [2.05, 4.69) is 32.3 Å². The molecule has 134 valence electrons. The molecule has 0 spiro atoms. The normalized spacial score (nSPS) is 14.3. The largest absolute Gasteiger partial charge is 0.371 e. The van der Waals surface area contributed by atoms with Crippen LogP contribution in [-0.2, 0) is 6.54 Å². The molecular weight excluding hydrogens is 314 g/mol. The Labute approximate surface area is 149 Å². The molecule has 3 rings (SSSR count). The number of amides is 1. The molecule has 0 aliphatic carbocycles. The van der Waals surface area contributed by atoms with Gasteiger partial charge in [0, 0.05) is 31.5 Å². The highest BCUT2D eigenvalue weighted by Crippen LogP contribution is 2.26. The fraction of sp³-hybridized carbons (Fsp3) is 0.474. The number of carbonyl (C=O) groups excluding carboxylic acids is 1. The van der Waals surface area contributed by atoms with Crippen LogP contribution in [0.4, 0.5) is 11.4 Å². The lowest BCUT2D eigenvalue weighted by Crippen LogP contribution is -2.23. The average molecular weight is 341 g/mol. The highest BCUT2D eigenvalue weighted by molar-refractivity contribution is 6.08. The number of nitrogens with one attached hydrogen (secondary N) is 1. The second-order valence-electron chi connectivity index (χ2n) is 6.96. The lowest BCUT2D eigenvalue weighted by atomic mass is 10.1. The first kappa shape index (κ1) is 17.5. The number of nitrogens with zero attached hydrogens (tertiary/aromatic N) is 4. The van der Waals surface area contributed by atoms with E-state index in [1.807, 2.05) is 38.0 Å². The van der Waals surface area contributed by atoms with Gasteiger partial charge < -0.3 is 15.1 Å². The number of benzene rings is 1. The predicted octanol–water partition coefficient (Wildman–Crippen LogP) is 2.61. The molecule has 0 bridgehead atoms. The maximum absolute atomic E-state index is 12.8. The van der Waals surface area contributed by atoms with Crippen LogP contribution in [-0.4, -0.2) is 54.3 Å². The number of carbonyl (C=O) groups is 1. The first-order valence-corrected chi connectivity index (χ1v) is 8.87. The molecule has 1 aromatic carbocycles. The topological polar surface area (TPSA) is 53.4 Å². The number of anilines is 2. The number of hydrogen-bond acceptors (Lipinski definition) is 4. The van der Waals surface area contributed by atoms with Crippen molar-refractivity contribution in [2.45, 2.75) is 26.3 Å². The standard InChI is InChI=1S/C19H27N5O/c1-15-6-7-18(23-8-4-5-9-23)17(12-15)19(25)21-16-13-20-24(14-16)11-10-22(2)3/h6-7,12-14H,4-5,8-11H2,1-3H3,(H,21,25). The Bertz CT molecular complexity index is 731. The Balaban J connectivity index is 1.73. The summed E-state index contributed by atoms with van der Waals surface area (Å²) in [6, 6.07) is 6.11. The molecule has 6 heteroatoms. The van der Waals surface area contributed by atoms with Crippen LogP contribution in [0.1, 0.15) is 28.8 Å². The molecule has 0 atom stereocenters. The predicted molar refractivity (Wildman–Crippen MR) is 101 cm³/mol. The van der Waals surface area contributed by atoms with Gasteiger partial charge in [-0.25, -0.2) is 0 Å². The zero-order chi connectivity index (χ0) is 17.8. The van der Waals surface area contributed by atoms with Crippen molar-refractivity contribution in [3.63, 3.8) is 0 Å². The lowest BCUT2D eigenvalue weighted by molar-refractivity contribution is 0.102. The first-order chi connectivity index (χ1) is 12.0. The number of hydrogen-bond donors (Lipinski definition) is 1. The van der Waals surface area contributed by atoms with Crippen molar-refractivity contribution in [1.82, 2.24) is 14.7 Å². The van der Waals surface area contributed by atoms with Crippen molar-refractivity contribution in [3.8, 4) is 0 Å². The summed E-state index contributed by atoms with van der Waals surface area (Å²) in [6.07, 6.45) is 5.97. The Morgan fingerprint density at radius 1 is 1.28 bits per heavy atom. The van der Waals surface area contributed by atoms with Gasteiger partial charge in [-0.3, -0.25) is 9.48 Å². The summed E-state index contributed by atoms with van der Waals surface area (Å²) in [4.78, 5) is 17.2. The summed E-state index contributed by atoms with van der Waals surface area (Å²) >= 11 is 0. The molecule has 1 aromatic heterocycles. The van der Waals surface area contributed by atoms with Crippen LogP contribution in [0.25, 0.3) is 0 Å². The van der Waals surface area contributed by atoms with E-state index in [1.54, 1.807) is 6.20 Å². The number of aryl methyl sites for hydroxylation is 1. The van der Waals surface area contributed by atoms with E-state index < -0.39 is 0 Å². The van der Waals surface area contributed by atoms with Gasteiger partial charge >= 0.3 is 0 Å². The van der Waals surface area contributed by atoms with Crippen molar-refractivity contribution in [2.24, 2.45) is 0 Å². The van der Waals surface area contributed by atoms with Crippen molar-refractivity contribution in [3.05, 3.63) is 41.7 Å². The molecule has 25 heavy (non-hydrogen) atoms. The van der Waals surface area contributed by atoms with E-state index in [0.29, 0.717) is 0 Å². The summed E-state index contributed by atoms with van der Waals surface area (Å²) in [7, 11) is 4.06. The van der Waals surface area contributed by atoms with Crippen LogP contribution in [0.3, 0.4) is 0 Å². The second-order valence-corrected chi connectivity index (χ2v) is 6.96. The van der Waals surface area contributed by atoms with E-state index in [9.17, 15) is 4.79 Å². The summed E-state index contributed by atoms with van der Waals surface area (Å²) in [5.74, 6) is -0.0715. The lowest BCUT2D eigenvalue weighted by Gasteiger charge is -2.21. The Kier molecular flexibility index (Phi) is 5.38. The van der Waals surface area contributed by atoms with E-state index in [0.717, 1.165) is 48.7 Å². The van der Waals surface area contributed by atoms with Crippen LogP contribution < -0.4 is 10.2 Å². The zero-order valence-electron chi connectivity index (χ0n) is 15.3. The third kappa shape index (κ3) is 4.39. The molecule has 1 fully saturated rings. The molecule has 2 aromatic rings. The number of likely N-dealkylation sites (N-methyl/N-ethyl adjacent to an activating group) is 1. The smallest absolute Gasteiger partial charge is 0.257 e. The van der Waals surface area contributed by atoms with Gasteiger partial charge in [-0.05, 0) is 46.0 Å². The van der Waals surface area contributed by atoms with E-state index in [4.69, 9.17) is 0 Å². The minimum atomic E-state index is -0.0715. The Morgan fingerprint density at radius 3 is 2.76 bits per heavy atom. The van der Waals surface area contributed by atoms with E-state index >= 15 is 0 Å². The molecule has 1 aliphatic heterocycles. The molecular formula is C19H27N5O. The van der Waals surface area contributed by atoms with Crippen LogP contribution in [0.5, 0.6) is 0 Å². The van der Waals surface area contributed by atoms with Crippen molar-refractivity contribution >= 4 is 17.3 Å². The molecule has 6 nitrogen and oxygen atoms in total. The zero-order valence-corrected chi connectivity index (χ0v) is 15.3. The van der Waals surface area contributed by atoms with Gasteiger partial charge in [0.2, 0.25) is 0 Å². The van der Waals surface area contributed by atoms with Gasteiger partial charge in [0.15, 0.2) is 0 Å². The molecule has 0 radical (unpaired) electrons. The van der Waals surface area contributed by atoms with Gasteiger partial charge in [-0.1, -0.05) is 11.6 Å². The molecule has 1 amide bonds. The first-order valence-electron chi connectivity index (χ1n) is 8.87. The monoisotopic (exact) mass is 341 g/mol. The summed E-state index contributed by atoms with van der Waals surface area (Å²) in [6.45, 7) is 5.76. The van der Waals surface area contributed by atoms with Gasteiger partial charge in [-0.15, -0.1) is 0 Å². The maximum atomic E-state index is 12.8. The Morgan fingerprint density at radius 2 is 2.04 bits per heavy atom. The molecule has 0 unspecified atom stereocenters. The fourth-order valence-corrected chi connectivity index (χ4v) is 3.12. The quantitative estimate of drug-likeness (QED) is 0.877. The maximum Gasteiger partial charge on any atom is 0.257 e. The SMILES string of the molecule is Cc1ccc(N2CCCC2)c(C(=O)Nc2cnn(CCN(C)C)c2)c1. The molecule has 1 aliphatic rings. The minimum absolute atomic E-state index is 0.0715. The van der Waals surface area contributed by atoms with Crippen molar-refractivity contribution in [1.29, 1.82) is 0 Å². The van der Waals surface area contributed by atoms with Crippen molar-refractivity contribution < 1.29 is 4.79 Å². The van der Waals surface area contributed by atoms with Gasteiger partial charge in [0.1, 0.15) is 0 Å². The number of rotatable bonds is 6. The third-order valence-corrected chi connectivity index (χ3v) is 4.51. The molecule has 1 N–H and O–H groups in total. The summed E-state index contributed by atoms with van der Waals surface area (Å²) < 4.78 is 1.85. The Hall–Kier alpha value is -2.34. The average Bonchev–Trinajstić information content (AvgIpc) is 3.24. The molecule has 1 saturated heterocycles.